The molecule has 1 atom stereocenters. The first-order chi connectivity index (χ1) is 12.2. The Morgan fingerprint density at radius 3 is 2.68 bits per heavy atom. The lowest BCUT2D eigenvalue weighted by molar-refractivity contribution is 0.373. The van der Waals surface area contributed by atoms with E-state index in [4.69, 9.17) is 9.97 Å². The standard InChI is InChI=1S/C20H27BrN4/c1-13(15-10-11-15)23-19-16-8-5-9-17(21)18(16)24-20(25-19)22-12-14-6-3-2-4-7-14/h5,8-9,13-15H,2-4,6-7,10-12H2,1H3,(H2,22,23,24,25)/t13-/m1/s1. The van der Waals surface area contributed by atoms with Gasteiger partial charge in [-0.05, 0) is 72.5 Å². The van der Waals surface area contributed by atoms with E-state index in [1.165, 1.54) is 44.9 Å². The lowest BCUT2D eigenvalue weighted by atomic mass is 9.89. The third-order valence-corrected chi connectivity index (χ3v) is 6.28. The first-order valence-electron chi connectivity index (χ1n) is 9.67. The Hall–Kier alpha value is -1.36. The SMILES string of the molecule is C[C@@H](Nc1nc(NCC2CCCCC2)nc2c(Br)cccc12)C1CC1. The van der Waals surface area contributed by atoms with Gasteiger partial charge in [-0.25, -0.2) is 4.98 Å². The van der Waals surface area contributed by atoms with Gasteiger partial charge in [-0.15, -0.1) is 0 Å². The van der Waals surface area contributed by atoms with E-state index < -0.39 is 0 Å². The lowest BCUT2D eigenvalue weighted by Gasteiger charge is -2.22. The molecule has 0 radical (unpaired) electrons. The normalized spacial score (nSPS) is 19.8. The molecule has 1 aromatic heterocycles. The Kier molecular flexibility index (Phi) is 5.11. The molecule has 2 saturated carbocycles. The van der Waals surface area contributed by atoms with Crippen molar-refractivity contribution >= 4 is 38.6 Å². The Bertz CT molecular complexity index is 738. The van der Waals surface area contributed by atoms with Crippen LogP contribution in [0.4, 0.5) is 11.8 Å². The topological polar surface area (TPSA) is 49.8 Å². The van der Waals surface area contributed by atoms with E-state index in [0.717, 1.165) is 45.5 Å². The number of halogens is 1. The number of rotatable bonds is 6. The number of nitrogens with one attached hydrogen (secondary N) is 2. The van der Waals surface area contributed by atoms with Gasteiger partial charge in [-0.2, -0.15) is 4.98 Å². The molecule has 5 heteroatoms. The van der Waals surface area contributed by atoms with Crippen molar-refractivity contribution in [2.24, 2.45) is 11.8 Å². The van der Waals surface area contributed by atoms with Gasteiger partial charge >= 0.3 is 0 Å². The minimum absolute atomic E-state index is 0.461. The van der Waals surface area contributed by atoms with Gasteiger partial charge in [0.15, 0.2) is 0 Å². The zero-order chi connectivity index (χ0) is 17.2. The van der Waals surface area contributed by atoms with E-state index >= 15 is 0 Å². The van der Waals surface area contributed by atoms with Gasteiger partial charge in [0.05, 0.1) is 5.52 Å². The van der Waals surface area contributed by atoms with Gasteiger partial charge in [0.25, 0.3) is 0 Å². The lowest BCUT2D eigenvalue weighted by Crippen LogP contribution is -2.21. The van der Waals surface area contributed by atoms with Crippen LogP contribution in [-0.4, -0.2) is 22.6 Å². The smallest absolute Gasteiger partial charge is 0.225 e. The summed E-state index contributed by atoms with van der Waals surface area (Å²) in [5.74, 6) is 3.25. The van der Waals surface area contributed by atoms with Gasteiger partial charge in [0.2, 0.25) is 5.95 Å². The van der Waals surface area contributed by atoms with Crippen LogP contribution < -0.4 is 10.6 Å². The molecule has 0 spiro atoms. The summed E-state index contributed by atoms with van der Waals surface area (Å²) >= 11 is 3.65. The van der Waals surface area contributed by atoms with E-state index in [9.17, 15) is 0 Å². The van der Waals surface area contributed by atoms with Crippen LogP contribution in [0, 0.1) is 11.8 Å². The van der Waals surface area contributed by atoms with Gasteiger partial charge in [0.1, 0.15) is 5.82 Å². The van der Waals surface area contributed by atoms with Crippen molar-refractivity contribution in [1.82, 2.24) is 9.97 Å². The molecule has 0 saturated heterocycles. The molecule has 0 aliphatic heterocycles. The number of aromatic nitrogens is 2. The summed E-state index contributed by atoms with van der Waals surface area (Å²) in [7, 11) is 0. The molecular weight excluding hydrogens is 376 g/mol. The average Bonchev–Trinajstić information content (AvgIpc) is 3.47. The van der Waals surface area contributed by atoms with Gasteiger partial charge in [-0.1, -0.05) is 25.3 Å². The van der Waals surface area contributed by atoms with Crippen LogP contribution in [0.15, 0.2) is 22.7 Å². The molecule has 4 nitrogen and oxygen atoms in total. The molecule has 1 aromatic carbocycles. The number of para-hydroxylation sites is 1. The third kappa shape index (κ3) is 4.08. The van der Waals surface area contributed by atoms with Crippen molar-refractivity contribution in [3.05, 3.63) is 22.7 Å². The minimum Gasteiger partial charge on any atom is -0.367 e. The highest BCUT2D eigenvalue weighted by atomic mass is 79.9. The molecule has 2 N–H and O–H groups in total. The number of nitrogens with zero attached hydrogens (tertiary/aromatic N) is 2. The average molecular weight is 403 g/mol. The molecule has 2 aliphatic rings. The summed E-state index contributed by atoms with van der Waals surface area (Å²) in [5, 5.41) is 8.24. The second-order valence-electron chi connectivity index (χ2n) is 7.69. The molecular formula is C20H27BrN4. The molecule has 2 fully saturated rings. The zero-order valence-electron chi connectivity index (χ0n) is 14.9. The summed E-state index contributed by atoms with van der Waals surface area (Å²) in [6.45, 7) is 3.24. The first kappa shape index (κ1) is 17.1. The van der Waals surface area contributed by atoms with E-state index in [1.807, 2.05) is 6.07 Å². The molecule has 2 aliphatic carbocycles. The molecule has 0 unspecified atom stereocenters. The Labute approximate surface area is 158 Å². The van der Waals surface area contributed by atoms with E-state index in [-0.39, 0.29) is 0 Å². The summed E-state index contributed by atoms with van der Waals surface area (Å²) in [6.07, 6.45) is 9.43. The summed E-state index contributed by atoms with van der Waals surface area (Å²) in [4.78, 5) is 9.60. The Morgan fingerprint density at radius 2 is 1.92 bits per heavy atom. The zero-order valence-corrected chi connectivity index (χ0v) is 16.5. The maximum atomic E-state index is 4.82. The molecule has 134 valence electrons. The summed E-state index contributed by atoms with van der Waals surface area (Å²) in [6, 6.07) is 6.67. The second-order valence-corrected chi connectivity index (χ2v) is 8.54. The van der Waals surface area contributed by atoms with E-state index in [1.54, 1.807) is 0 Å². The summed E-state index contributed by atoms with van der Waals surface area (Å²) in [5.41, 5.74) is 0.981. The molecule has 4 rings (SSSR count). The number of benzene rings is 1. The van der Waals surface area contributed by atoms with Gasteiger partial charge < -0.3 is 10.6 Å². The van der Waals surface area contributed by atoms with Crippen LogP contribution in [-0.2, 0) is 0 Å². The highest BCUT2D eigenvalue weighted by Crippen LogP contribution is 2.35. The van der Waals surface area contributed by atoms with Gasteiger partial charge in [0, 0.05) is 22.4 Å². The number of anilines is 2. The molecule has 25 heavy (non-hydrogen) atoms. The largest absolute Gasteiger partial charge is 0.367 e. The van der Waals surface area contributed by atoms with Crippen molar-refractivity contribution in [2.75, 3.05) is 17.2 Å². The van der Waals surface area contributed by atoms with Crippen LogP contribution in [0.25, 0.3) is 10.9 Å². The second kappa shape index (κ2) is 7.48. The van der Waals surface area contributed by atoms with Crippen LogP contribution in [0.3, 0.4) is 0 Å². The van der Waals surface area contributed by atoms with E-state index in [0.29, 0.717) is 6.04 Å². The monoisotopic (exact) mass is 402 g/mol. The maximum Gasteiger partial charge on any atom is 0.225 e. The van der Waals surface area contributed by atoms with Gasteiger partial charge in [-0.3, -0.25) is 0 Å². The minimum atomic E-state index is 0.461. The van der Waals surface area contributed by atoms with Crippen LogP contribution >= 0.6 is 15.9 Å². The predicted octanol–water partition coefficient (Wildman–Crippen LogP) is 5.59. The van der Waals surface area contributed by atoms with Crippen LogP contribution in [0.5, 0.6) is 0 Å². The van der Waals surface area contributed by atoms with Crippen LogP contribution in [0.1, 0.15) is 51.9 Å². The Balaban J connectivity index is 1.58. The number of hydrogen-bond donors (Lipinski definition) is 2. The Morgan fingerprint density at radius 1 is 1.12 bits per heavy atom. The van der Waals surface area contributed by atoms with Crippen molar-refractivity contribution in [2.45, 2.75) is 57.9 Å². The van der Waals surface area contributed by atoms with Crippen molar-refractivity contribution in [3.8, 4) is 0 Å². The molecule has 0 amide bonds. The quantitative estimate of drug-likeness (QED) is 0.660. The van der Waals surface area contributed by atoms with Crippen molar-refractivity contribution in [1.29, 1.82) is 0 Å². The molecule has 0 bridgehead atoms. The fourth-order valence-corrected chi connectivity index (χ4v) is 4.32. The van der Waals surface area contributed by atoms with E-state index in [2.05, 4.69) is 45.6 Å². The highest BCUT2D eigenvalue weighted by Gasteiger charge is 2.28. The third-order valence-electron chi connectivity index (χ3n) is 5.64. The predicted molar refractivity (Wildman–Crippen MR) is 108 cm³/mol. The maximum absolute atomic E-state index is 4.82. The van der Waals surface area contributed by atoms with Crippen molar-refractivity contribution in [3.63, 3.8) is 0 Å². The fraction of sp³-hybridized carbons (Fsp3) is 0.600. The first-order valence-corrected chi connectivity index (χ1v) is 10.5. The number of hydrogen-bond acceptors (Lipinski definition) is 4. The highest BCUT2D eigenvalue weighted by molar-refractivity contribution is 9.10. The van der Waals surface area contributed by atoms with Crippen LogP contribution in [0.2, 0.25) is 0 Å². The number of fused-ring (bicyclic) bond motifs is 1. The molecule has 1 heterocycles. The van der Waals surface area contributed by atoms with Crippen molar-refractivity contribution < 1.29 is 0 Å². The summed E-state index contributed by atoms with van der Waals surface area (Å²) < 4.78 is 1.02. The molecule has 2 aromatic rings. The fourth-order valence-electron chi connectivity index (χ4n) is 3.86.